The lowest BCUT2D eigenvalue weighted by Crippen LogP contribution is -2.36. The van der Waals surface area contributed by atoms with Gasteiger partial charge in [0.1, 0.15) is 30.0 Å². The van der Waals surface area contributed by atoms with Crippen molar-refractivity contribution in [2.45, 2.75) is 38.5 Å². The largest absolute Gasteiger partial charge is 0.497 e. The van der Waals surface area contributed by atoms with Crippen molar-refractivity contribution in [3.63, 3.8) is 0 Å². The molecule has 1 saturated carbocycles. The van der Waals surface area contributed by atoms with Gasteiger partial charge in [-0.25, -0.2) is 0 Å². The standard InChI is InChI=1S/C22H29NO4/c1-16-4-8-20(9-5-16)27-15-19(24)14-23(18-6-7-18)13-17-12-21(25-2)10-11-22(17)26-3/h4-5,8-12,18-19,24H,6-7,13-15H2,1-3H3. The third-order valence-electron chi connectivity index (χ3n) is 4.83. The molecule has 146 valence electrons. The molecule has 1 N–H and O–H groups in total. The zero-order valence-electron chi connectivity index (χ0n) is 16.4. The molecular weight excluding hydrogens is 342 g/mol. The van der Waals surface area contributed by atoms with Crippen LogP contribution in [0.5, 0.6) is 17.2 Å². The molecule has 0 bridgehead atoms. The van der Waals surface area contributed by atoms with Crippen LogP contribution in [0.2, 0.25) is 0 Å². The van der Waals surface area contributed by atoms with E-state index in [0.717, 1.165) is 35.7 Å². The number of ether oxygens (including phenoxy) is 3. The zero-order valence-corrected chi connectivity index (χ0v) is 16.4. The van der Waals surface area contributed by atoms with Crippen molar-refractivity contribution >= 4 is 0 Å². The summed E-state index contributed by atoms with van der Waals surface area (Å²) in [5.41, 5.74) is 2.26. The minimum absolute atomic E-state index is 0.279. The van der Waals surface area contributed by atoms with Crippen molar-refractivity contribution in [1.29, 1.82) is 0 Å². The van der Waals surface area contributed by atoms with Crippen LogP contribution in [0.4, 0.5) is 0 Å². The van der Waals surface area contributed by atoms with E-state index in [9.17, 15) is 5.11 Å². The predicted octanol–water partition coefficient (Wildman–Crippen LogP) is 3.42. The van der Waals surface area contributed by atoms with Crippen LogP contribution in [-0.4, -0.2) is 49.5 Å². The third kappa shape index (κ3) is 5.62. The van der Waals surface area contributed by atoms with Crippen LogP contribution in [0.3, 0.4) is 0 Å². The number of aliphatic hydroxyl groups excluding tert-OH is 1. The molecule has 1 unspecified atom stereocenters. The van der Waals surface area contributed by atoms with Crippen LogP contribution < -0.4 is 14.2 Å². The molecule has 27 heavy (non-hydrogen) atoms. The maximum atomic E-state index is 10.5. The number of rotatable bonds is 10. The molecule has 1 atom stereocenters. The Morgan fingerprint density at radius 2 is 1.74 bits per heavy atom. The minimum atomic E-state index is -0.552. The monoisotopic (exact) mass is 371 g/mol. The van der Waals surface area contributed by atoms with Gasteiger partial charge in [-0.3, -0.25) is 4.90 Å². The highest BCUT2D eigenvalue weighted by Crippen LogP contribution is 2.32. The third-order valence-corrected chi connectivity index (χ3v) is 4.83. The first-order valence-electron chi connectivity index (χ1n) is 9.41. The summed E-state index contributed by atoms with van der Waals surface area (Å²) < 4.78 is 16.6. The summed E-state index contributed by atoms with van der Waals surface area (Å²) in [5, 5.41) is 10.5. The Kier molecular flexibility index (Phi) is 6.58. The maximum Gasteiger partial charge on any atom is 0.123 e. The lowest BCUT2D eigenvalue weighted by Gasteiger charge is -2.26. The molecule has 0 amide bonds. The van der Waals surface area contributed by atoms with Gasteiger partial charge in [-0.2, -0.15) is 0 Å². The number of hydrogen-bond donors (Lipinski definition) is 1. The number of benzene rings is 2. The summed E-state index contributed by atoms with van der Waals surface area (Å²) in [5.74, 6) is 2.43. The Labute approximate surface area is 161 Å². The normalized spacial score (nSPS) is 14.9. The minimum Gasteiger partial charge on any atom is -0.497 e. The van der Waals surface area contributed by atoms with Gasteiger partial charge in [0.2, 0.25) is 0 Å². The van der Waals surface area contributed by atoms with E-state index in [1.165, 1.54) is 5.56 Å². The van der Waals surface area contributed by atoms with E-state index < -0.39 is 6.10 Å². The van der Waals surface area contributed by atoms with E-state index in [0.29, 0.717) is 19.1 Å². The molecule has 1 aliphatic rings. The molecule has 1 aliphatic carbocycles. The van der Waals surface area contributed by atoms with Crippen molar-refractivity contribution in [2.24, 2.45) is 0 Å². The molecule has 1 fully saturated rings. The summed E-state index contributed by atoms with van der Waals surface area (Å²) in [4.78, 5) is 2.31. The SMILES string of the molecule is COc1ccc(OC)c(CN(CC(O)COc2ccc(C)cc2)C2CC2)c1. The summed E-state index contributed by atoms with van der Waals surface area (Å²) in [6.45, 7) is 3.60. The van der Waals surface area contributed by atoms with Crippen LogP contribution in [0.15, 0.2) is 42.5 Å². The average Bonchev–Trinajstić information content (AvgIpc) is 3.52. The lowest BCUT2D eigenvalue weighted by molar-refractivity contribution is 0.0623. The lowest BCUT2D eigenvalue weighted by atomic mass is 10.1. The van der Waals surface area contributed by atoms with Crippen LogP contribution in [-0.2, 0) is 6.54 Å². The van der Waals surface area contributed by atoms with Gasteiger partial charge in [-0.15, -0.1) is 0 Å². The van der Waals surface area contributed by atoms with Gasteiger partial charge in [0.25, 0.3) is 0 Å². The van der Waals surface area contributed by atoms with Crippen molar-refractivity contribution in [3.05, 3.63) is 53.6 Å². The highest BCUT2D eigenvalue weighted by atomic mass is 16.5. The Morgan fingerprint density at radius 3 is 2.37 bits per heavy atom. The van der Waals surface area contributed by atoms with E-state index in [4.69, 9.17) is 14.2 Å². The molecular formula is C22H29NO4. The molecule has 0 heterocycles. The molecule has 0 spiro atoms. The van der Waals surface area contributed by atoms with E-state index >= 15 is 0 Å². The molecule has 0 aliphatic heterocycles. The fourth-order valence-electron chi connectivity index (χ4n) is 3.16. The molecule has 0 saturated heterocycles. The van der Waals surface area contributed by atoms with Gasteiger partial charge in [-0.1, -0.05) is 17.7 Å². The van der Waals surface area contributed by atoms with Crippen LogP contribution >= 0.6 is 0 Å². The molecule has 3 rings (SSSR count). The molecule has 2 aromatic carbocycles. The fourth-order valence-corrected chi connectivity index (χ4v) is 3.16. The number of methoxy groups -OCH3 is 2. The first-order valence-corrected chi connectivity index (χ1v) is 9.41. The summed E-state index contributed by atoms with van der Waals surface area (Å²) in [7, 11) is 3.34. The molecule has 2 aromatic rings. The van der Waals surface area contributed by atoms with Gasteiger partial charge in [0.05, 0.1) is 14.2 Å². The second-order valence-electron chi connectivity index (χ2n) is 7.12. The first-order chi connectivity index (χ1) is 13.1. The predicted molar refractivity (Wildman–Crippen MR) is 106 cm³/mol. The quantitative estimate of drug-likeness (QED) is 0.694. The topological polar surface area (TPSA) is 51.2 Å². The smallest absolute Gasteiger partial charge is 0.123 e. The molecule has 5 heteroatoms. The Hall–Kier alpha value is -2.24. The van der Waals surface area contributed by atoms with Crippen molar-refractivity contribution in [1.82, 2.24) is 4.90 Å². The highest BCUT2D eigenvalue weighted by Gasteiger charge is 2.31. The second kappa shape index (κ2) is 9.11. The summed E-state index contributed by atoms with van der Waals surface area (Å²) in [6, 6.07) is 14.2. The molecule has 0 radical (unpaired) electrons. The van der Waals surface area contributed by atoms with E-state index in [1.54, 1.807) is 14.2 Å². The van der Waals surface area contributed by atoms with Gasteiger partial charge in [0, 0.05) is 24.7 Å². The summed E-state index contributed by atoms with van der Waals surface area (Å²) >= 11 is 0. The number of aryl methyl sites for hydroxylation is 1. The van der Waals surface area contributed by atoms with Crippen LogP contribution in [0.25, 0.3) is 0 Å². The van der Waals surface area contributed by atoms with Crippen molar-refractivity contribution in [3.8, 4) is 17.2 Å². The number of nitrogens with zero attached hydrogens (tertiary/aromatic N) is 1. The van der Waals surface area contributed by atoms with Crippen LogP contribution in [0, 0.1) is 6.92 Å². The summed E-state index contributed by atoms with van der Waals surface area (Å²) in [6.07, 6.45) is 1.78. The first kappa shape index (κ1) is 19.5. The van der Waals surface area contributed by atoms with Gasteiger partial charge < -0.3 is 19.3 Å². The average molecular weight is 371 g/mol. The Balaban J connectivity index is 1.60. The van der Waals surface area contributed by atoms with Gasteiger partial charge in [-0.05, 0) is 50.1 Å². The Bertz CT molecular complexity index is 728. The van der Waals surface area contributed by atoms with Crippen molar-refractivity contribution < 1.29 is 19.3 Å². The Morgan fingerprint density at radius 1 is 1.04 bits per heavy atom. The van der Waals surface area contributed by atoms with E-state index in [-0.39, 0.29) is 6.61 Å². The van der Waals surface area contributed by atoms with Gasteiger partial charge in [0.15, 0.2) is 0 Å². The number of hydrogen-bond acceptors (Lipinski definition) is 5. The molecule has 5 nitrogen and oxygen atoms in total. The molecule has 0 aromatic heterocycles. The van der Waals surface area contributed by atoms with Crippen LogP contribution in [0.1, 0.15) is 24.0 Å². The maximum absolute atomic E-state index is 10.5. The van der Waals surface area contributed by atoms with Gasteiger partial charge >= 0.3 is 0 Å². The number of aliphatic hydroxyl groups is 1. The fraction of sp³-hybridized carbons (Fsp3) is 0.455. The van der Waals surface area contributed by atoms with E-state index in [2.05, 4.69) is 4.90 Å². The van der Waals surface area contributed by atoms with E-state index in [1.807, 2.05) is 49.4 Å². The second-order valence-corrected chi connectivity index (χ2v) is 7.12. The zero-order chi connectivity index (χ0) is 19.2. The van der Waals surface area contributed by atoms with Crippen molar-refractivity contribution in [2.75, 3.05) is 27.4 Å². The highest BCUT2D eigenvalue weighted by molar-refractivity contribution is 5.40.